The lowest BCUT2D eigenvalue weighted by Gasteiger charge is -2.26. The summed E-state index contributed by atoms with van der Waals surface area (Å²) in [4.78, 5) is 61.7. The highest BCUT2D eigenvalue weighted by Gasteiger charge is 2.31. The lowest BCUT2D eigenvalue weighted by molar-refractivity contribution is -0.142. The second-order valence-electron chi connectivity index (χ2n) is 10.4. The maximum Gasteiger partial charge on any atom is 0.326 e. The van der Waals surface area contributed by atoms with E-state index in [1.807, 2.05) is 44.4 Å². The van der Waals surface area contributed by atoms with Crippen LogP contribution in [0.4, 0.5) is 0 Å². The van der Waals surface area contributed by atoms with Crippen LogP contribution in [-0.4, -0.2) is 79.9 Å². The van der Waals surface area contributed by atoms with Crippen molar-refractivity contribution in [3.63, 3.8) is 0 Å². The number of nitrogens with one attached hydrogen (secondary N) is 5. The minimum Gasteiger partial charge on any atom is -0.480 e. The van der Waals surface area contributed by atoms with Gasteiger partial charge in [0.2, 0.25) is 17.7 Å². The van der Waals surface area contributed by atoms with Crippen molar-refractivity contribution in [2.24, 2.45) is 11.7 Å². The number of carbonyl (C=O) groups excluding carboxylic acids is 3. The molecule has 0 aliphatic rings. The molecule has 2 aromatic heterocycles. The number of benzene rings is 1. The number of aliphatic carboxylic acids is 1. The van der Waals surface area contributed by atoms with Crippen LogP contribution < -0.4 is 21.7 Å². The Kier molecular flexibility index (Phi) is 11.8. The van der Waals surface area contributed by atoms with Crippen molar-refractivity contribution < 1.29 is 24.3 Å². The number of carboxylic acids is 1. The van der Waals surface area contributed by atoms with E-state index in [1.54, 1.807) is 18.0 Å². The Labute approximate surface area is 243 Å². The summed E-state index contributed by atoms with van der Waals surface area (Å²) in [6, 6.07) is 3.46. The average Bonchev–Trinajstić information content (AvgIpc) is 3.60. The first-order valence-electron chi connectivity index (χ1n) is 13.5. The van der Waals surface area contributed by atoms with Gasteiger partial charge in [-0.15, -0.1) is 0 Å². The first kappa shape index (κ1) is 31.7. The number of hydrogen-bond acceptors (Lipinski definition) is 7. The molecule has 0 bridgehead atoms. The van der Waals surface area contributed by atoms with Gasteiger partial charge >= 0.3 is 5.97 Å². The van der Waals surface area contributed by atoms with Crippen LogP contribution in [0.1, 0.15) is 37.9 Å². The van der Waals surface area contributed by atoms with Gasteiger partial charge in [-0.05, 0) is 42.4 Å². The summed E-state index contributed by atoms with van der Waals surface area (Å²) in [5.74, 6) is -2.13. The second kappa shape index (κ2) is 15.2. The number of aromatic amines is 2. The molecule has 2 heterocycles. The van der Waals surface area contributed by atoms with Crippen molar-refractivity contribution in [1.82, 2.24) is 30.9 Å². The molecule has 3 amide bonds. The fraction of sp³-hybridized carbons (Fsp3) is 0.464. The number of fused-ring (bicyclic) bond motifs is 1. The van der Waals surface area contributed by atoms with Gasteiger partial charge in [0.1, 0.15) is 18.1 Å². The highest BCUT2D eigenvalue weighted by Crippen LogP contribution is 2.19. The van der Waals surface area contributed by atoms with Gasteiger partial charge in [0.15, 0.2) is 0 Å². The number of para-hydroxylation sites is 1. The van der Waals surface area contributed by atoms with Crippen molar-refractivity contribution in [3.05, 3.63) is 54.2 Å². The van der Waals surface area contributed by atoms with Crippen LogP contribution in [-0.2, 0) is 32.0 Å². The Balaban J connectivity index is 1.84. The van der Waals surface area contributed by atoms with E-state index in [0.717, 1.165) is 16.5 Å². The highest BCUT2D eigenvalue weighted by molar-refractivity contribution is 7.98. The minimum absolute atomic E-state index is 0.0191. The number of carboxylic acid groups (broad SMARTS) is 1. The number of amides is 3. The van der Waals surface area contributed by atoms with Gasteiger partial charge in [-0.1, -0.05) is 32.0 Å². The SMILES string of the molecule is CSCCC(N)C(=O)NC(CC(C)C)C(=O)NC(Cc1c[nH]c2ccccc12)C(=O)NC(Cc1cnc[nH]1)C(=O)O. The second-order valence-corrected chi connectivity index (χ2v) is 11.4. The van der Waals surface area contributed by atoms with E-state index in [2.05, 4.69) is 30.9 Å². The largest absolute Gasteiger partial charge is 0.480 e. The fourth-order valence-corrected chi connectivity index (χ4v) is 4.94. The summed E-state index contributed by atoms with van der Waals surface area (Å²) in [5.41, 5.74) is 8.19. The van der Waals surface area contributed by atoms with Crippen molar-refractivity contribution in [3.8, 4) is 0 Å². The zero-order valence-corrected chi connectivity index (χ0v) is 24.3. The third kappa shape index (κ3) is 9.35. The van der Waals surface area contributed by atoms with Gasteiger partial charge < -0.3 is 36.8 Å². The standard InChI is InChI=1S/C28H39N7O5S/c1-16(2)10-22(33-25(36)20(29)8-9-41-3)26(37)34-23(11-17-13-31-21-7-5-4-6-19(17)21)27(38)35-24(28(39)40)12-18-14-30-15-32-18/h4-7,13-16,20,22-24,31H,8-12,29H2,1-3H3,(H,30,32)(H,33,36)(H,34,37)(H,35,38)(H,39,40). The molecule has 1 aromatic carbocycles. The summed E-state index contributed by atoms with van der Waals surface area (Å²) < 4.78 is 0. The molecule has 8 N–H and O–H groups in total. The van der Waals surface area contributed by atoms with E-state index in [9.17, 15) is 24.3 Å². The van der Waals surface area contributed by atoms with E-state index in [-0.39, 0.29) is 18.8 Å². The zero-order chi connectivity index (χ0) is 29.9. The summed E-state index contributed by atoms with van der Waals surface area (Å²) in [6.07, 6.45) is 7.44. The summed E-state index contributed by atoms with van der Waals surface area (Å²) in [5, 5.41) is 18.7. The molecule has 13 heteroatoms. The topological polar surface area (TPSA) is 195 Å². The Hall–Kier alpha value is -3.84. The maximum absolute atomic E-state index is 13.5. The summed E-state index contributed by atoms with van der Waals surface area (Å²) in [7, 11) is 0. The average molecular weight is 586 g/mol. The van der Waals surface area contributed by atoms with Crippen LogP contribution in [0.2, 0.25) is 0 Å². The first-order chi connectivity index (χ1) is 19.6. The number of H-pyrrole nitrogens is 2. The van der Waals surface area contributed by atoms with Crippen LogP contribution in [0.15, 0.2) is 43.0 Å². The molecule has 0 radical (unpaired) electrons. The molecule has 3 rings (SSSR count). The normalized spacial score (nSPS) is 14.3. The molecule has 0 saturated carbocycles. The van der Waals surface area contributed by atoms with Crippen molar-refractivity contribution in [2.45, 2.75) is 63.7 Å². The number of hydrogen-bond donors (Lipinski definition) is 7. The predicted octanol–water partition coefficient (Wildman–Crippen LogP) is 1.34. The molecular weight excluding hydrogens is 546 g/mol. The minimum atomic E-state index is -1.26. The smallest absolute Gasteiger partial charge is 0.326 e. The van der Waals surface area contributed by atoms with Crippen LogP contribution in [0.5, 0.6) is 0 Å². The molecule has 0 spiro atoms. The van der Waals surface area contributed by atoms with Gasteiger partial charge in [0.25, 0.3) is 0 Å². The van der Waals surface area contributed by atoms with Crippen molar-refractivity contribution >= 4 is 46.4 Å². The number of aromatic nitrogens is 3. The fourth-order valence-electron chi connectivity index (χ4n) is 4.45. The lowest BCUT2D eigenvalue weighted by atomic mass is 10.00. The number of nitrogens with two attached hydrogens (primary N) is 1. The Bertz CT molecular complexity index is 1310. The molecule has 4 unspecified atom stereocenters. The molecule has 12 nitrogen and oxygen atoms in total. The van der Waals surface area contributed by atoms with E-state index in [0.29, 0.717) is 24.3 Å². The Morgan fingerprint density at radius 2 is 1.66 bits per heavy atom. The van der Waals surface area contributed by atoms with Crippen molar-refractivity contribution in [1.29, 1.82) is 0 Å². The quantitative estimate of drug-likeness (QED) is 0.131. The predicted molar refractivity (Wildman–Crippen MR) is 158 cm³/mol. The molecule has 41 heavy (non-hydrogen) atoms. The van der Waals surface area contributed by atoms with E-state index in [1.165, 1.54) is 12.5 Å². The lowest BCUT2D eigenvalue weighted by Crippen LogP contribution is -2.58. The maximum atomic E-state index is 13.5. The molecule has 0 aliphatic carbocycles. The van der Waals surface area contributed by atoms with Crippen LogP contribution in [0, 0.1) is 5.92 Å². The molecule has 0 fully saturated rings. The summed E-state index contributed by atoms with van der Waals surface area (Å²) in [6.45, 7) is 3.84. The Morgan fingerprint density at radius 1 is 0.976 bits per heavy atom. The van der Waals surface area contributed by atoms with Crippen molar-refractivity contribution in [2.75, 3.05) is 12.0 Å². The van der Waals surface area contributed by atoms with Crippen LogP contribution in [0.25, 0.3) is 10.9 Å². The molecular formula is C28H39N7O5S. The van der Waals surface area contributed by atoms with E-state index < -0.39 is 47.9 Å². The van der Waals surface area contributed by atoms with Gasteiger partial charge in [0, 0.05) is 41.8 Å². The zero-order valence-electron chi connectivity index (χ0n) is 23.5. The van der Waals surface area contributed by atoms with Gasteiger partial charge in [-0.2, -0.15) is 11.8 Å². The van der Waals surface area contributed by atoms with Crippen LogP contribution in [0.3, 0.4) is 0 Å². The number of rotatable bonds is 16. The molecule has 3 aromatic rings. The number of thioether (sulfide) groups is 1. The van der Waals surface area contributed by atoms with Gasteiger partial charge in [-0.25, -0.2) is 9.78 Å². The van der Waals surface area contributed by atoms with E-state index >= 15 is 0 Å². The molecule has 222 valence electrons. The first-order valence-corrected chi connectivity index (χ1v) is 14.9. The number of carbonyl (C=O) groups is 4. The van der Waals surface area contributed by atoms with Gasteiger partial charge in [0.05, 0.1) is 12.4 Å². The molecule has 0 aliphatic heterocycles. The van der Waals surface area contributed by atoms with Crippen LogP contribution >= 0.6 is 11.8 Å². The monoisotopic (exact) mass is 585 g/mol. The molecule has 4 atom stereocenters. The Morgan fingerprint density at radius 3 is 2.32 bits per heavy atom. The van der Waals surface area contributed by atoms with E-state index in [4.69, 9.17) is 5.73 Å². The number of imidazole rings is 1. The molecule has 0 saturated heterocycles. The third-order valence-electron chi connectivity index (χ3n) is 6.64. The number of nitrogens with zero attached hydrogens (tertiary/aromatic N) is 1. The third-order valence-corrected chi connectivity index (χ3v) is 7.28. The summed E-state index contributed by atoms with van der Waals surface area (Å²) >= 11 is 1.57. The highest BCUT2D eigenvalue weighted by atomic mass is 32.2. The van der Waals surface area contributed by atoms with Gasteiger partial charge in [-0.3, -0.25) is 14.4 Å².